The van der Waals surface area contributed by atoms with Gasteiger partial charge >= 0.3 is 0 Å². The first-order chi connectivity index (χ1) is 10.1. The summed E-state index contributed by atoms with van der Waals surface area (Å²) in [6.07, 6.45) is 4.16. The van der Waals surface area contributed by atoms with Gasteiger partial charge in [-0.3, -0.25) is 14.3 Å². The largest absolute Gasteiger partial charge is 0.352 e. The molecule has 21 heavy (non-hydrogen) atoms. The van der Waals surface area contributed by atoms with Gasteiger partial charge in [-0.05, 0) is 18.4 Å². The maximum Gasteiger partial charge on any atom is 0.253 e. The maximum atomic E-state index is 12.2. The molecule has 112 valence electrons. The van der Waals surface area contributed by atoms with E-state index in [1.165, 1.54) is 6.07 Å². The van der Waals surface area contributed by atoms with Gasteiger partial charge in [-0.2, -0.15) is 0 Å². The van der Waals surface area contributed by atoms with Crippen molar-refractivity contribution in [2.24, 2.45) is 0 Å². The highest BCUT2D eigenvalue weighted by atomic mass is 16.1. The molecule has 0 saturated carbocycles. The number of aromatic amines is 1. The number of nitrogens with zero attached hydrogens (tertiary/aromatic N) is 3. The minimum Gasteiger partial charge on any atom is -0.352 e. The van der Waals surface area contributed by atoms with Gasteiger partial charge in [0.15, 0.2) is 0 Å². The Labute approximate surface area is 122 Å². The Balaban J connectivity index is 1.92. The summed E-state index contributed by atoms with van der Waals surface area (Å²) in [5.41, 5.74) is 0.989. The van der Waals surface area contributed by atoms with Gasteiger partial charge in [0.2, 0.25) is 5.56 Å². The summed E-state index contributed by atoms with van der Waals surface area (Å²) in [6, 6.07) is 2.94. The Morgan fingerprint density at radius 2 is 2.24 bits per heavy atom. The first kappa shape index (κ1) is 15.0. The van der Waals surface area contributed by atoms with Crippen LogP contribution in [0.4, 0.5) is 0 Å². The zero-order valence-electron chi connectivity index (χ0n) is 12.2. The van der Waals surface area contributed by atoms with Crippen LogP contribution in [-0.2, 0) is 6.54 Å². The van der Waals surface area contributed by atoms with Crippen LogP contribution in [0.5, 0.6) is 0 Å². The second-order valence-corrected chi connectivity index (χ2v) is 5.08. The van der Waals surface area contributed by atoms with E-state index < -0.39 is 0 Å². The molecule has 0 aromatic carbocycles. The summed E-state index contributed by atoms with van der Waals surface area (Å²) < 4.78 is 1.71. The molecule has 0 spiro atoms. The van der Waals surface area contributed by atoms with Gasteiger partial charge in [-0.25, -0.2) is 0 Å². The van der Waals surface area contributed by atoms with Gasteiger partial charge in [-0.15, -0.1) is 5.10 Å². The van der Waals surface area contributed by atoms with Crippen LogP contribution in [0.3, 0.4) is 0 Å². The quantitative estimate of drug-likeness (QED) is 0.773. The van der Waals surface area contributed by atoms with Crippen LogP contribution < -0.4 is 10.9 Å². The molecule has 7 nitrogen and oxygen atoms in total. The number of carbonyl (C=O) groups is 1. The monoisotopic (exact) mass is 289 g/mol. The second-order valence-electron chi connectivity index (χ2n) is 5.08. The van der Waals surface area contributed by atoms with Crippen molar-refractivity contribution in [2.75, 3.05) is 6.54 Å². The topological polar surface area (TPSA) is 92.7 Å². The molecule has 0 radical (unpaired) electrons. The molecule has 0 saturated heterocycles. The zero-order chi connectivity index (χ0) is 15.2. The highest BCUT2D eigenvalue weighted by molar-refractivity contribution is 5.95. The number of amides is 1. The SMILES string of the molecule is CC(C)c1[nH]c(=O)ccc1C(=O)NCCCn1ccnn1. The summed E-state index contributed by atoms with van der Waals surface area (Å²) >= 11 is 0. The number of aromatic nitrogens is 4. The molecule has 2 rings (SSSR count). The molecular weight excluding hydrogens is 270 g/mol. The fraction of sp³-hybridized carbons (Fsp3) is 0.429. The predicted molar refractivity (Wildman–Crippen MR) is 78.1 cm³/mol. The van der Waals surface area contributed by atoms with Crippen LogP contribution in [0.15, 0.2) is 29.3 Å². The average molecular weight is 289 g/mol. The van der Waals surface area contributed by atoms with E-state index in [-0.39, 0.29) is 17.4 Å². The number of pyridine rings is 1. The molecule has 0 atom stereocenters. The fourth-order valence-corrected chi connectivity index (χ4v) is 2.03. The molecule has 2 aromatic rings. The van der Waals surface area contributed by atoms with Crippen molar-refractivity contribution in [1.82, 2.24) is 25.3 Å². The summed E-state index contributed by atoms with van der Waals surface area (Å²) in [5.74, 6) is -0.0941. The second kappa shape index (κ2) is 6.83. The lowest BCUT2D eigenvalue weighted by Gasteiger charge is -2.12. The smallest absolute Gasteiger partial charge is 0.253 e. The molecule has 2 aromatic heterocycles. The minimum absolute atomic E-state index is 0.0785. The third kappa shape index (κ3) is 4.01. The van der Waals surface area contributed by atoms with Crippen LogP contribution in [-0.4, -0.2) is 32.4 Å². The van der Waals surface area contributed by atoms with Gasteiger partial charge < -0.3 is 10.3 Å². The molecule has 0 aliphatic carbocycles. The van der Waals surface area contributed by atoms with Crippen molar-refractivity contribution < 1.29 is 4.79 Å². The van der Waals surface area contributed by atoms with E-state index in [0.29, 0.717) is 24.3 Å². The molecular formula is C14H19N5O2. The van der Waals surface area contributed by atoms with Gasteiger partial charge in [0.1, 0.15) is 0 Å². The van der Waals surface area contributed by atoms with Crippen molar-refractivity contribution in [3.05, 3.63) is 46.1 Å². The summed E-state index contributed by atoms with van der Waals surface area (Å²) in [4.78, 5) is 26.3. The first-order valence-corrected chi connectivity index (χ1v) is 6.93. The Hall–Kier alpha value is -2.44. The van der Waals surface area contributed by atoms with E-state index >= 15 is 0 Å². The van der Waals surface area contributed by atoms with Crippen molar-refractivity contribution in [1.29, 1.82) is 0 Å². The summed E-state index contributed by atoms with van der Waals surface area (Å²) in [7, 11) is 0. The lowest BCUT2D eigenvalue weighted by Crippen LogP contribution is -2.28. The standard InChI is InChI=1S/C14H19N5O2/c1-10(2)13-11(4-5-12(20)17-13)14(21)15-6-3-8-19-9-7-16-18-19/h4-5,7,9-10H,3,6,8H2,1-2H3,(H,15,21)(H,17,20). The Morgan fingerprint density at radius 1 is 1.43 bits per heavy atom. The normalized spacial score (nSPS) is 10.8. The molecule has 0 fully saturated rings. The van der Waals surface area contributed by atoms with Crippen LogP contribution in [0.2, 0.25) is 0 Å². The highest BCUT2D eigenvalue weighted by Gasteiger charge is 2.14. The van der Waals surface area contributed by atoms with Crippen molar-refractivity contribution >= 4 is 5.91 Å². The average Bonchev–Trinajstić information content (AvgIpc) is 2.96. The predicted octanol–water partition coefficient (Wildman–Crippen LogP) is 0.910. The van der Waals surface area contributed by atoms with E-state index in [0.717, 1.165) is 6.42 Å². The third-order valence-corrected chi connectivity index (χ3v) is 3.09. The number of hydrogen-bond acceptors (Lipinski definition) is 4. The molecule has 0 aliphatic rings. The number of carbonyl (C=O) groups excluding carboxylic acids is 1. The Bertz CT molecular complexity index is 646. The summed E-state index contributed by atoms with van der Waals surface area (Å²) in [5, 5.41) is 10.4. The van der Waals surface area contributed by atoms with Crippen LogP contribution in [0.1, 0.15) is 42.2 Å². The van der Waals surface area contributed by atoms with E-state index in [2.05, 4.69) is 20.6 Å². The van der Waals surface area contributed by atoms with Crippen LogP contribution >= 0.6 is 0 Å². The van der Waals surface area contributed by atoms with Crippen molar-refractivity contribution in [3.8, 4) is 0 Å². The lowest BCUT2D eigenvalue weighted by atomic mass is 10.0. The first-order valence-electron chi connectivity index (χ1n) is 6.93. The van der Waals surface area contributed by atoms with E-state index in [9.17, 15) is 9.59 Å². The highest BCUT2D eigenvalue weighted by Crippen LogP contribution is 2.14. The molecule has 0 bridgehead atoms. The van der Waals surface area contributed by atoms with Crippen molar-refractivity contribution in [3.63, 3.8) is 0 Å². The molecule has 0 aliphatic heterocycles. The van der Waals surface area contributed by atoms with Crippen LogP contribution in [0.25, 0.3) is 0 Å². The van der Waals surface area contributed by atoms with Gasteiger partial charge in [0, 0.05) is 31.0 Å². The third-order valence-electron chi connectivity index (χ3n) is 3.09. The molecule has 7 heteroatoms. The minimum atomic E-state index is -0.193. The molecule has 1 amide bonds. The van der Waals surface area contributed by atoms with E-state index in [4.69, 9.17) is 0 Å². The van der Waals surface area contributed by atoms with Crippen LogP contribution in [0, 0.1) is 0 Å². The van der Waals surface area contributed by atoms with Gasteiger partial charge in [0.25, 0.3) is 5.91 Å². The number of H-pyrrole nitrogens is 1. The van der Waals surface area contributed by atoms with E-state index in [1.54, 1.807) is 23.1 Å². The fourth-order valence-electron chi connectivity index (χ4n) is 2.03. The number of aryl methyl sites for hydroxylation is 1. The molecule has 0 unspecified atom stereocenters. The maximum absolute atomic E-state index is 12.2. The number of nitrogens with one attached hydrogen (secondary N) is 2. The number of rotatable bonds is 6. The van der Waals surface area contributed by atoms with Crippen molar-refractivity contribution in [2.45, 2.75) is 32.7 Å². The van der Waals surface area contributed by atoms with Gasteiger partial charge in [0.05, 0.1) is 11.8 Å². The zero-order valence-corrected chi connectivity index (χ0v) is 12.2. The Kier molecular flexibility index (Phi) is 4.86. The number of hydrogen-bond donors (Lipinski definition) is 2. The Morgan fingerprint density at radius 3 is 2.90 bits per heavy atom. The molecule has 2 N–H and O–H groups in total. The van der Waals surface area contributed by atoms with Gasteiger partial charge in [-0.1, -0.05) is 19.1 Å². The molecule has 2 heterocycles. The summed E-state index contributed by atoms with van der Waals surface area (Å²) in [6.45, 7) is 5.11. The lowest BCUT2D eigenvalue weighted by molar-refractivity contribution is 0.0950. The van der Waals surface area contributed by atoms with E-state index in [1.807, 2.05) is 13.8 Å².